The molecule has 1 aliphatic heterocycles. The highest BCUT2D eigenvalue weighted by Crippen LogP contribution is 2.40. The van der Waals surface area contributed by atoms with E-state index < -0.39 is 0 Å². The number of hydrogen-bond donors (Lipinski definition) is 1. The van der Waals surface area contributed by atoms with E-state index in [1.54, 1.807) is 0 Å². The van der Waals surface area contributed by atoms with Crippen molar-refractivity contribution in [1.82, 2.24) is 14.8 Å². The van der Waals surface area contributed by atoms with Crippen molar-refractivity contribution in [2.75, 3.05) is 20.1 Å². The van der Waals surface area contributed by atoms with Crippen LogP contribution in [0.4, 0.5) is 0 Å². The van der Waals surface area contributed by atoms with Crippen LogP contribution in [0.1, 0.15) is 43.7 Å². The van der Waals surface area contributed by atoms with Crippen molar-refractivity contribution in [2.24, 2.45) is 5.92 Å². The average Bonchev–Trinajstić information content (AvgIpc) is 3.21. The van der Waals surface area contributed by atoms with E-state index in [9.17, 15) is 4.79 Å². The minimum Gasteiger partial charge on any atom is -0.345 e. The van der Waals surface area contributed by atoms with Crippen LogP contribution in [-0.4, -0.2) is 35.5 Å². The highest BCUT2D eigenvalue weighted by Gasteiger charge is 2.31. The largest absolute Gasteiger partial charge is 0.345 e. The molecule has 2 heterocycles. The smallest absolute Gasteiger partial charge is 0.242 e. The Morgan fingerprint density at radius 3 is 2.75 bits per heavy atom. The van der Waals surface area contributed by atoms with Gasteiger partial charge in [-0.1, -0.05) is 0 Å². The number of rotatable bonds is 5. The molecule has 2 aliphatic rings. The number of amides is 1. The van der Waals surface area contributed by atoms with E-state index in [4.69, 9.17) is 0 Å². The van der Waals surface area contributed by atoms with Crippen LogP contribution in [0.3, 0.4) is 0 Å². The third-order valence-corrected chi connectivity index (χ3v) is 4.56. The Kier molecular flexibility index (Phi) is 4.10. The lowest BCUT2D eigenvalue weighted by Gasteiger charge is -2.26. The monoisotopic (exact) mass is 275 g/mol. The maximum atomic E-state index is 12.3. The summed E-state index contributed by atoms with van der Waals surface area (Å²) in [6.45, 7) is 2.36. The fourth-order valence-corrected chi connectivity index (χ4v) is 3.25. The van der Waals surface area contributed by atoms with Crippen LogP contribution in [0, 0.1) is 5.92 Å². The summed E-state index contributed by atoms with van der Waals surface area (Å²) in [5.74, 6) is 1.05. The van der Waals surface area contributed by atoms with Crippen molar-refractivity contribution < 1.29 is 4.79 Å². The van der Waals surface area contributed by atoms with Crippen molar-refractivity contribution in [3.8, 4) is 0 Å². The lowest BCUT2D eigenvalue weighted by Crippen LogP contribution is -2.37. The van der Waals surface area contributed by atoms with E-state index in [-0.39, 0.29) is 5.91 Å². The SMILES string of the molecule is CNC(c1ccn(CC(=O)N2CCCCC2)c1)C1CC1. The number of piperidine rings is 1. The molecular weight excluding hydrogens is 250 g/mol. The zero-order chi connectivity index (χ0) is 13.9. The molecule has 1 aromatic rings. The van der Waals surface area contributed by atoms with E-state index in [1.165, 1.54) is 24.8 Å². The molecule has 4 heteroatoms. The molecule has 0 spiro atoms. The van der Waals surface area contributed by atoms with Gasteiger partial charge < -0.3 is 14.8 Å². The molecule has 1 saturated heterocycles. The van der Waals surface area contributed by atoms with Crippen molar-refractivity contribution in [3.63, 3.8) is 0 Å². The molecule has 0 bridgehead atoms. The quantitative estimate of drug-likeness (QED) is 0.894. The second kappa shape index (κ2) is 6.00. The molecule has 1 N–H and O–H groups in total. The molecule has 1 amide bonds. The molecule has 1 aromatic heterocycles. The molecule has 1 saturated carbocycles. The minimum atomic E-state index is 0.263. The first-order valence-electron chi connectivity index (χ1n) is 7.88. The van der Waals surface area contributed by atoms with Crippen LogP contribution in [0.5, 0.6) is 0 Å². The number of nitrogens with zero attached hydrogens (tertiary/aromatic N) is 2. The first-order chi connectivity index (χ1) is 9.78. The molecule has 1 atom stereocenters. The molecule has 110 valence electrons. The van der Waals surface area contributed by atoms with Gasteiger partial charge in [-0.3, -0.25) is 4.79 Å². The predicted molar refractivity (Wildman–Crippen MR) is 79.4 cm³/mol. The normalized spacial score (nSPS) is 20.9. The summed E-state index contributed by atoms with van der Waals surface area (Å²) in [6, 6.07) is 2.62. The number of carbonyl (C=O) groups is 1. The summed E-state index contributed by atoms with van der Waals surface area (Å²) >= 11 is 0. The highest BCUT2D eigenvalue weighted by molar-refractivity contribution is 5.76. The number of nitrogens with one attached hydrogen (secondary N) is 1. The third kappa shape index (κ3) is 3.06. The minimum absolute atomic E-state index is 0.263. The molecule has 4 nitrogen and oxygen atoms in total. The van der Waals surface area contributed by atoms with Gasteiger partial charge in [-0.15, -0.1) is 0 Å². The summed E-state index contributed by atoms with van der Waals surface area (Å²) in [6.07, 6.45) is 10.4. The zero-order valence-electron chi connectivity index (χ0n) is 12.3. The van der Waals surface area contributed by atoms with Crippen molar-refractivity contribution in [2.45, 2.75) is 44.7 Å². The van der Waals surface area contributed by atoms with E-state index in [0.717, 1.165) is 31.8 Å². The van der Waals surface area contributed by atoms with Crippen molar-refractivity contribution >= 4 is 5.91 Å². The van der Waals surface area contributed by atoms with Crippen molar-refractivity contribution in [3.05, 3.63) is 24.0 Å². The Balaban J connectivity index is 1.60. The predicted octanol–water partition coefficient (Wildman–Crippen LogP) is 2.17. The summed E-state index contributed by atoms with van der Waals surface area (Å²) in [5, 5.41) is 3.40. The second-order valence-electron chi connectivity index (χ2n) is 6.16. The number of likely N-dealkylation sites (tertiary alicyclic amines) is 1. The van der Waals surface area contributed by atoms with Crippen LogP contribution in [0.25, 0.3) is 0 Å². The van der Waals surface area contributed by atoms with Crippen LogP contribution in [-0.2, 0) is 11.3 Å². The molecule has 0 aromatic carbocycles. The summed E-state index contributed by atoms with van der Waals surface area (Å²) in [7, 11) is 2.03. The molecule has 0 radical (unpaired) electrons. The fraction of sp³-hybridized carbons (Fsp3) is 0.688. The molecule has 1 unspecified atom stereocenters. The van der Waals surface area contributed by atoms with E-state index >= 15 is 0 Å². The van der Waals surface area contributed by atoms with Gasteiger partial charge in [0.25, 0.3) is 0 Å². The summed E-state index contributed by atoms with van der Waals surface area (Å²) in [4.78, 5) is 14.3. The topological polar surface area (TPSA) is 37.3 Å². The highest BCUT2D eigenvalue weighted by atomic mass is 16.2. The lowest BCUT2D eigenvalue weighted by molar-refractivity contribution is -0.132. The number of carbonyl (C=O) groups excluding carboxylic acids is 1. The fourth-order valence-electron chi connectivity index (χ4n) is 3.25. The van der Waals surface area contributed by atoms with E-state index in [0.29, 0.717) is 12.6 Å². The maximum absolute atomic E-state index is 12.3. The third-order valence-electron chi connectivity index (χ3n) is 4.56. The maximum Gasteiger partial charge on any atom is 0.242 e. The van der Waals surface area contributed by atoms with E-state index in [2.05, 4.69) is 17.6 Å². The molecule has 20 heavy (non-hydrogen) atoms. The number of aromatic nitrogens is 1. The standard InChI is InChI=1S/C16H25N3O/c1-17-16(13-5-6-13)14-7-10-18(11-14)12-15(20)19-8-3-2-4-9-19/h7,10-11,13,16-17H,2-6,8-9,12H2,1H3. The Morgan fingerprint density at radius 1 is 1.35 bits per heavy atom. The van der Waals surface area contributed by atoms with Gasteiger partial charge in [0.1, 0.15) is 6.54 Å². The Morgan fingerprint density at radius 2 is 2.10 bits per heavy atom. The zero-order valence-corrected chi connectivity index (χ0v) is 12.3. The van der Waals surface area contributed by atoms with Gasteiger partial charge in [0.15, 0.2) is 0 Å². The van der Waals surface area contributed by atoms with Gasteiger partial charge in [0.05, 0.1) is 0 Å². The van der Waals surface area contributed by atoms with Gasteiger partial charge >= 0.3 is 0 Å². The van der Waals surface area contributed by atoms with Crippen LogP contribution in [0.2, 0.25) is 0 Å². The van der Waals surface area contributed by atoms with Crippen molar-refractivity contribution in [1.29, 1.82) is 0 Å². The van der Waals surface area contributed by atoms with Crippen LogP contribution in [0.15, 0.2) is 18.5 Å². The number of hydrogen-bond acceptors (Lipinski definition) is 2. The summed E-state index contributed by atoms with van der Waals surface area (Å²) < 4.78 is 2.04. The average molecular weight is 275 g/mol. The molecule has 2 fully saturated rings. The molecule has 1 aliphatic carbocycles. The first kappa shape index (κ1) is 13.7. The molecular formula is C16H25N3O. The van der Waals surface area contributed by atoms with Gasteiger partial charge in [0, 0.05) is 31.5 Å². The Hall–Kier alpha value is -1.29. The van der Waals surface area contributed by atoms with Gasteiger partial charge in [-0.25, -0.2) is 0 Å². The summed E-state index contributed by atoms with van der Waals surface area (Å²) in [5.41, 5.74) is 1.32. The van der Waals surface area contributed by atoms with Gasteiger partial charge in [-0.05, 0) is 56.7 Å². The van der Waals surface area contributed by atoms with Gasteiger partial charge in [-0.2, -0.15) is 0 Å². The Labute approximate surface area is 121 Å². The first-order valence-corrected chi connectivity index (χ1v) is 7.88. The van der Waals surface area contributed by atoms with Crippen LogP contribution < -0.4 is 5.32 Å². The van der Waals surface area contributed by atoms with Gasteiger partial charge in [0.2, 0.25) is 5.91 Å². The second-order valence-corrected chi connectivity index (χ2v) is 6.16. The Bertz CT molecular complexity index is 458. The van der Waals surface area contributed by atoms with E-state index in [1.807, 2.05) is 22.7 Å². The van der Waals surface area contributed by atoms with Crippen LogP contribution >= 0.6 is 0 Å². The lowest BCUT2D eigenvalue weighted by atomic mass is 10.1. The molecule has 3 rings (SSSR count).